The summed E-state index contributed by atoms with van der Waals surface area (Å²) in [6, 6.07) is 12.0. The van der Waals surface area contributed by atoms with Gasteiger partial charge in [-0.3, -0.25) is 9.89 Å². The number of aromatic nitrogens is 3. The first-order chi connectivity index (χ1) is 16.9. The maximum Gasteiger partial charge on any atom is 0.326 e. The summed E-state index contributed by atoms with van der Waals surface area (Å²) in [5.74, 6) is -1.03. The normalized spacial score (nSPS) is 15.4. The van der Waals surface area contributed by atoms with E-state index in [-0.39, 0.29) is 17.9 Å². The van der Waals surface area contributed by atoms with Crippen LogP contribution >= 0.6 is 0 Å². The molecule has 2 aromatic carbocycles. The van der Waals surface area contributed by atoms with Gasteiger partial charge in [-0.05, 0) is 60.4 Å². The van der Waals surface area contributed by atoms with Gasteiger partial charge in [-0.2, -0.15) is 5.10 Å². The molecule has 1 aliphatic rings. The molecule has 5 rings (SSSR count). The molecule has 35 heavy (non-hydrogen) atoms. The van der Waals surface area contributed by atoms with Crippen LogP contribution in [0.4, 0.5) is 4.79 Å². The number of nitrogens with zero attached hydrogens (tertiary/aromatic N) is 2. The molecule has 0 spiro atoms. The molecule has 2 aromatic heterocycles. The predicted octanol–water partition coefficient (Wildman–Crippen LogP) is 3.30. The van der Waals surface area contributed by atoms with Crippen molar-refractivity contribution in [2.45, 2.75) is 38.1 Å². The van der Waals surface area contributed by atoms with E-state index in [9.17, 15) is 19.5 Å². The van der Waals surface area contributed by atoms with Crippen molar-refractivity contribution < 1.29 is 14.7 Å². The maximum absolute atomic E-state index is 12.9. The highest BCUT2D eigenvalue weighted by Crippen LogP contribution is 2.27. The zero-order valence-electron chi connectivity index (χ0n) is 19.4. The lowest BCUT2D eigenvalue weighted by Crippen LogP contribution is -2.50. The summed E-state index contributed by atoms with van der Waals surface area (Å²) >= 11 is 0. The minimum Gasteiger partial charge on any atom is -0.480 e. The topological polar surface area (TPSA) is 131 Å². The number of H-pyrrole nitrogens is 2. The molecule has 0 unspecified atom stereocenters. The van der Waals surface area contributed by atoms with Crippen molar-refractivity contribution in [1.29, 1.82) is 0 Å². The zero-order valence-corrected chi connectivity index (χ0v) is 19.4. The summed E-state index contributed by atoms with van der Waals surface area (Å²) in [4.78, 5) is 42.0. The summed E-state index contributed by atoms with van der Waals surface area (Å²) in [7, 11) is 0. The van der Waals surface area contributed by atoms with E-state index in [1.165, 1.54) is 0 Å². The van der Waals surface area contributed by atoms with Crippen LogP contribution in [0.15, 0.2) is 53.5 Å². The number of carbonyl (C=O) groups excluding carboxylic acids is 1. The Morgan fingerprint density at radius 2 is 1.94 bits per heavy atom. The largest absolute Gasteiger partial charge is 0.480 e. The molecule has 4 N–H and O–H groups in total. The number of carbonyl (C=O) groups is 2. The molecule has 9 heteroatoms. The quantitative estimate of drug-likeness (QED) is 0.353. The molecule has 3 heterocycles. The van der Waals surface area contributed by atoms with Crippen LogP contribution < -0.4 is 10.9 Å². The number of hydrogen-bond donors (Lipinski definition) is 4. The first-order valence-electron chi connectivity index (χ1n) is 11.7. The highest BCUT2D eigenvalue weighted by molar-refractivity contribution is 5.84. The van der Waals surface area contributed by atoms with Crippen molar-refractivity contribution in [3.63, 3.8) is 0 Å². The van der Waals surface area contributed by atoms with E-state index in [0.29, 0.717) is 25.9 Å². The molecule has 1 saturated heterocycles. The molecule has 1 fully saturated rings. The Kier molecular flexibility index (Phi) is 5.98. The molecule has 1 atom stereocenters. The fourth-order valence-electron chi connectivity index (χ4n) is 4.97. The van der Waals surface area contributed by atoms with E-state index in [1.807, 2.05) is 49.4 Å². The van der Waals surface area contributed by atoms with E-state index >= 15 is 0 Å². The van der Waals surface area contributed by atoms with Crippen molar-refractivity contribution in [2.24, 2.45) is 0 Å². The third-order valence-corrected chi connectivity index (χ3v) is 6.85. The van der Waals surface area contributed by atoms with Gasteiger partial charge in [0.25, 0.3) is 5.56 Å². The molecule has 0 saturated carbocycles. The average Bonchev–Trinajstić information content (AvgIpc) is 3.32. The maximum atomic E-state index is 12.9. The number of urea groups is 1. The molecule has 4 aromatic rings. The average molecular weight is 474 g/mol. The third-order valence-electron chi connectivity index (χ3n) is 6.85. The van der Waals surface area contributed by atoms with E-state index < -0.39 is 18.0 Å². The van der Waals surface area contributed by atoms with E-state index in [1.54, 1.807) is 11.1 Å². The number of para-hydroxylation sites is 1. The highest BCUT2D eigenvalue weighted by atomic mass is 16.4. The molecule has 180 valence electrons. The Labute approximate surface area is 201 Å². The van der Waals surface area contributed by atoms with Crippen LogP contribution in [-0.2, 0) is 11.2 Å². The lowest BCUT2D eigenvalue weighted by molar-refractivity contribution is -0.139. The molecular weight excluding hydrogens is 446 g/mol. The summed E-state index contributed by atoms with van der Waals surface area (Å²) in [5, 5.41) is 21.3. The molecular formula is C26H27N5O4. The van der Waals surface area contributed by atoms with E-state index in [4.69, 9.17) is 0 Å². The number of amides is 2. The molecule has 0 aliphatic carbocycles. The predicted molar refractivity (Wildman–Crippen MR) is 133 cm³/mol. The first kappa shape index (κ1) is 22.6. The number of carboxylic acid groups (broad SMARTS) is 1. The number of benzene rings is 2. The Bertz CT molecular complexity index is 1470. The van der Waals surface area contributed by atoms with E-state index in [2.05, 4.69) is 20.5 Å². The van der Waals surface area contributed by atoms with Crippen LogP contribution in [0.5, 0.6) is 0 Å². The zero-order chi connectivity index (χ0) is 24.5. The Morgan fingerprint density at radius 3 is 2.71 bits per heavy atom. The van der Waals surface area contributed by atoms with E-state index in [0.717, 1.165) is 38.5 Å². The van der Waals surface area contributed by atoms with Gasteiger partial charge in [0.1, 0.15) is 6.04 Å². The SMILES string of the molecule is Cc1cc(C[C@H](NC(=O)N2CCC(c3cc4ccccc4[nH]c3=O)CC2)C(=O)O)cc2cn[nH]c12. The second-order valence-electron chi connectivity index (χ2n) is 9.19. The monoisotopic (exact) mass is 473 g/mol. The van der Waals surface area contributed by atoms with Gasteiger partial charge < -0.3 is 20.3 Å². The molecule has 0 radical (unpaired) electrons. The minimum absolute atomic E-state index is 0.0485. The number of carboxylic acids is 1. The van der Waals surface area contributed by atoms with Gasteiger partial charge in [0, 0.05) is 36.0 Å². The van der Waals surface area contributed by atoms with Gasteiger partial charge in [-0.15, -0.1) is 0 Å². The van der Waals surface area contributed by atoms with Gasteiger partial charge in [-0.1, -0.05) is 24.3 Å². The van der Waals surface area contributed by atoms with Crippen LogP contribution in [0.2, 0.25) is 0 Å². The third kappa shape index (κ3) is 4.62. The first-order valence-corrected chi connectivity index (χ1v) is 11.7. The Morgan fingerprint density at radius 1 is 1.17 bits per heavy atom. The number of pyridine rings is 1. The second-order valence-corrected chi connectivity index (χ2v) is 9.19. The lowest BCUT2D eigenvalue weighted by atomic mass is 9.89. The van der Waals surface area contributed by atoms with Gasteiger partial charge in [0.05, 0.1) is 11.7 Å². The number of aliphatic carboxylic acids is 1. The summed E-state index contributed by atoms with van der Waals surface area (Å²) < 4.78 is 0. The molecule has 2 amide bonds. The number of nitrogens with one attached hydrogen (secondary N) is 3. The summed E-state index contributed by atoms with van der Waals surface area (Å²) in [6.45, 7) is 2.84. The summed E-state index contributed by atoms with van der Waals surface area (Å²) in [6.07, 6.45) is 3.16. The summed E-state index contributed by atoms with van der Waals surface area (Å²) in [5.41, 5.74) is 4.15. The van der Waals surface area contributed by atoms with Crippen molar-refractivity contribution >= 4 is 33.8 Å². The number of aryl methyl sites for hydroxylation is 1. The van der Waals surface area contributed by atoms with Crippen molar-refractivity contribution in [3.8, 4) is 0 Å². The minimum atomic E-state index is -1.08. The van der Waals surface area contributed by atoms with Gasteiger partial charge in [0.2, 0.25) is 0 Å². The number of likely N-dealkylation sites (tertiary alicyclic amines) is 1. The number of piperidine rings is 1. The lowest BCUT2D eigenvalue weighted by Gasteiger charge is -2.32. The second kappa shape index (κ2) is 9.25. The van der Waals surface area contributed by atoms with Crippen molar-refractivity contribution in [1.82, 2.24) is 25.4 Å². The Balaban J connectivity index is 1.24. The van der Waals surface area contributed by atoms with Crippen molar-refractivity contribution in [3.05, 3.63) is 75.7 Å². The fourth-order valence-corrected chi connectivity index (χ4v) is 4.97. The number of hydrogen-bond acceptors (Lipinski definition) is 4. The van der Waals surface area contributed by atoms with Crippen LogP contribution in [0.1, 0.15) is 35.4 Å². The molecule has 9 nitrogen and oxygen atoms in total. The Hall–Kier alpha value is -4.14. The van der Waals surface area contributed by atoms with Gasteiger partial charge in [0.15, 0.2) is 0 Å². The van der Waals surface area contributed by atoms with Crippen molar-refractivity contribution in [2.75, 3.05) is 13.1 Å². The molecule has 0 bridgehead atoms. The fraction of sp³-hybridized carbons (Fsp3) is 0.308. The molecule has 1 aliphatic heterocycles. The number of rotatable bonds is 5. The van der Waals surface area contributed by atoms with Crippen LogP contribution in [0.3, 0.4) is 0 Å². The van der Waals surface area contributed by atoms with Crippen LogP contribution in [0.25, 0.3) is 21.8 Å². The number of aromatic amines is 2. The smallest absolute Gasteiger partial charge is 0.326 e. The van der Waals surface area contributed by atoms with Crippen LogP contribution in [0, 0.1) is 6.92 Å². The number of fused-ring (bicyclic) bond motifs is 2. The van der Waals surface area contributed by atoms with Gasteiger partial charge in [-0.25, -0.2) is 9.59 Å². The standard InChI is InChI=1S/C26H27N5O4/c1-15-10-16(11-19-14-27-30-23(15)19)12-22(25(33)34)29-26(35)31-8-6-17(7-9-31)20-13-18-4-2-3-5-21(18)28-24(20)32/h2-5,10-11,13-14,17,22H,6-9,12H2,1H3,(H,27,30)(H,28,32)(H,29,35)(H,33,34)/t22-/m0/s1. The van der Waals surface area contributed by atoms with Crippen LogP contribution in [-0.4, -0.2) is 56.3 Å². The van der Waals surface area contributed by atoms with Gasteiger partial charge >= 0.3 is 12.0 Å². The highest BCUT2D eigenvalue weighted by Gasteiger charge is 2.28.